The third-order valence-electron chi connectivity index (χ3n) is 4.37. The van der Waals surface area contributed by atoms with Crippen LogP contribution in [-0.2, 0) is 6.54 Å². The number of carbonyl (C=O) groups excluding carboxylic acids is 1. The molecule has 4 rings (SSSR count). The van der Waals surface area contributed by atoms with Gasteiger partial charge < -0.3 is 4.90 Å². The van der Waals surface area contributed by atoms with E-state index >= 15 is 0 Å². The van der Waals surface area contributed by atoms with Gasteiger partial charge in [0.2, 0.25) is 0 Å². The standard InChI is InChI=1S/C17H16ClN5O2S/c18-14-9-12(1-2-19-14)16(25)22-5-3-21(4-6-22)11-13-10-15(24)23-7-8-26-17(23)20-13/h1-2,7-10H,3-6,11H2. The Balaban J connectivity index is 1.40. The van der Waals surface area contributed by atoms with Gasteiger partial charge in [-0.25, -0.2) is 9.97 Å². The third kappa shape index (κ3) is 3.48. The van der Waals surface area contributed by atoms with Gasteiger partial charge in [-0.05, 0) is 12.1 Å². The van der Waals surface area contributed by atoms with Gasteiger partial charge in [-0.1, -0.05) is 11.6 Å². The number of carbonyl (C=O) groups is 1. The zero-order chi connectivity index (χ0) is 18.1. The van der Waals surface area contributed by atoms with Gasteiger partial charge >= 0.3 is 0 Å². The van der Waals surface area contributed by atoms with Gasteiger partial charge in [-0.15, -0.1) is 11.3 Å². The lowest BCUT2D eigenvalue weighted by atomic mass is 10.2. The van der Waals surface area contributed by atoms with Crippen LogP contribution in [0.5, 0.6) is 0 Å². The normalized spacial score (nSPS) is 15.5. The van der Waals surface area contributed by atoms with Crippen LogP contribution in [0.25, 0.3) is 4.96 Å². The van der Waals surface area contributed by atoms with Crippen LogP contribution in [0.2, 0.25) is 5.15 Å². The third-order valence-corrected chi connectivity index (χ3v) is 5.34. The molecule has 0 aromatic carbocycles. The summed E-state index contributed by atoms with van der Waals surface area (Å²) in [7, 11) is 0. The van der Waals surface area contributed by atoms with Crippen LogP contribution in [0.1, 0.15) is 16.1 Å². The van der Waals surface area contributed by atoms with Crippen molar-refractivity contribution in [2.45, 2.75) is 6.54 Å². The van der Waals surface area contributed by atoms with Crippen LogP contribution in [0.15, 0.2) is 40.8 Å². The first-order chi connectivity index (χ1) is 12.6. The Kier molecular flexibility index (Phi) is 4.71. The predicted molar refractivity (Wildman–Crippen MR) is 99.8 cm³/mol. The molecule has 0 unspecified atom stereocenters. The average Bonchev–Trinajstić information content (AvgIpc) is 3.11. The maximum Gasteiger partial charge on any atom is 0.258 e. The Morgan fingerprint density at radius 1 is 1.23 bits per heavy atom. The van der Waals surface area contributed by atoms with Crippen LogP contribution in [0, 0.1) is 0 Å². The van der Waals surface area contributed by atoms with Gasteiger partial charge in [0.1, 0.15) is 5.15 Å². The molecule has 7 nitrogen and oxygen atoms in total. The number of hydrogen-bond donors (Lipinski definition) is 0. The molecule has 0 spiro atoms. The molecule has 0 bridgehead atoms. The number of pyridine rings is 1. The highest BCUT2D eigenvalue weighted by molar-refractivity contribution is 7.15. The van der Waals surface area contributed by atoms with Crippen molar-refractivity contribution in [2.24, 2.45) is 0 Å². The predicted octanol–water partition coefficient (Wildman–Crippen LogP) is 1.76. The molecule has 0 saturated carbocycles. The Bertz CT molecular complexity index is 1010. The number of hydrogen-bond acceptors (Lipinski definition) is 6. The van der Waals surface area contributed by atoms with E-state index in [1.165, 1.54) is 17.5 Å². The number of thiazole rings is 1. The highest BCUT2D eigenvalue weighted by Gasteiger charge is 2.23. The summed E-state index contributed by atoms with van der Waals surface area (Å²) in [5, 5.41) is 2.17. The van der Waals surface area contributed by atoms with Crippen LogP contribution in [0.4, 0.5) is 0 Å². The van der Waals surface area contributed by atoms with Crippen molar-refractivity contribution < 1.29 is 4.79 Å². The Morgan fingerprint density at radius 3 is 2.81 bits per heavy atom. The minimum absolute atomic E-state index is 0.0367. The SMILES string of the molecule is O=C(c1ccnc(Cl)c1)N1CCN(Cc2cc(=O)n3ccsc3n2)CC1. The summed E-state index contributed by atoms with van der Waals surface area (Å²) in [6.45, 7) is 3.32. The van der Waals surface area contributed by atoms with Crippen molar-refractivity contribution in [3.05, 3.63) is 62.7 Å². The summed E-state index contributed by atoms with van der Waals surface area (Å²) < 4.78 is 1.55. The molecular formula is C17H16ClN5O2S. The Morgan fingerprint density at radius 2 is 2.04 bits per heavy atom. The first-order valence-corrected chi connectivity index (χ1v) is 9.45. The lowest BCUT2D eigenvalue weighted by Crippen LogP contribution is -2.48. The molecule has 1 aliphatic rings. The second kappa shape index (κ2) is 7.14. The van der Waals surface area contributed by atoms with E-state index in [9.17, 15) is 9.59 Å². The highest BCUT2D eigenvalue weighted by atomic mass is 35.5. The van der Waals surface area contributed by atoms with Crippen LogP contribution in [0.3, 0.4) is 0 Å². The molecule has 1 saturated heterocycles. The number of nitrogens with zero attached hydrogens (tertiary/aromatic N) is 5. The van der Waals surface area contributed by atoms with Gasteiger partial charge in [0.25, 0.3) is 11.5 Å². The first kappa shape index (κ1) is 17.1. The molecule has 3 aromatic rings. The number of aromatic nitrogens is 3. The minimum atomic E-state index is -0.0605. The fraction of sp³-hybridized carbons (Fsp3) is 0.294. The van der Waals surface area contributed by atoms with Gasteiger partial charge in [0, 0.05) is 62.1 Å². The molecule has 1 fully saturated rings. The molecule has 0 N–H and O–H groups in total. The van der Waals surface area contributed by atoms with E-state index in [-0.39, 0.29) is 11.5 Å². The summed E-state index contributed by atoms with van der Waals surface area (Å²) in [5.41, 5.74) is 1.25. The molecule has 1 amide bonds. The van der Waals surface area contributed by atoms with Crippen molar-refractivity contribution >= 4 is 33.8 Å². The molecule has 9 heteroatoms. The summed E-state index contributed by atoms with van der Waals surface area (Å²) >= 11 is 7.31. The van der Waals surface area contributed by atoms with Crippen LogP contribution < -0.4 is 5.56 Å². The van der Waals surface area contributed by atoms with Gasteiger partial charge in [-0.2, -0.15) is 0 Å². The summed E-state index contributed by atoms with van der Waals surface area (Å²) in [4.78, 5) is 37.8. The lowest BCUT2D eigenvalue weighted by molar-refractivity contribution is 0.0627. The first-order valence-electron chi connectivity index (χ1n) is 8.19. The lowest BCUT2D eigenvalue weighted by Gasteiger charge is -2.34. The number of fused-ring (bicyclic) bond motifs is 1. The number of rotatable bonds is 3. The summed E-state index contributed by atoms with van der Waals surface area (Å²) in [5.74, 6) is -0.0367. The van der Waals surface area contributed by atoms with Crippen molar-refractivity contribution in [3.8, 4) is 0 Å². The Labute approximate surface area is 158 Å². The zero-order valence-electron chi connectivity index (χ0n) is 13.8. The van der Waals surface area contributed by atoms with Crippen molar-refractivity contribution in [1.29, 1.82) is 0 Å². The van der Waals surface area contributed by atoms with E-state index < -0.39 is 0 Å². The van der Waals surface area contributed by atoms with E-state index in [0.717, 1.165) is 18.8 Å². The van der Waals surface area contributed by atoms with Crippen molar-refractivity contribution in [1.82, 2.24) is 24.2 Å². The van der Waals surface area contributed by atoms with Gasteiger partial charge in [0.05, 0.1) is 5.69 Å². The van der Waals surface area contributed by atoms with Crippen molar-refractivity contribution in [2.75, 3.05) is 26.2 Å². The molecule has 4 heterocycles. The molecular weight excluding hydrogens is 374 g/mol. The monoisotopic (exact) mass is 389 g/mol. The van der Waals surface area contributed by atoms with E-state index in [4.69, 9.17) is 11.6 Å². The number of piperazine rings is 1. The zero-order valence-corrected chi connectivity index (χ0v) is 15.4. The quantitative estimate of drug-likeness (QED) is 0.638. The largest absolute Gasteiger partial charge is 0.336 e. The summed E-state index contributed by atoms with van der Waals surface area (Å²) in [6.07, 6.45) is 3.27. The molecule has 3 aromatic heterocycles. The van der Waals surface area contributed by atoms with E-state index in [0.29, 0.717) is 35.3 Å². The topological polar surface area (TPSA) is 70.8 Å². The second-order valence-electron chi connectivity index (χ2n) is 6.08. The molecule has 0 atom stereocenters. The maximum atomic E-state index is 12.5. The fourth-order valence-electron chi connectivity index (χ4n) is 3.03. The van der Waals surface area contributed by atoms with Crippen LogP contribution in [-0.4, -0.2) is 56.3 Å². The smallest absolute Gasteiger partial charge is 0.258 e. The molecule has 0 radical (unpaired) electrons. The molecule has 134 valence electrons. The van der Waals surface area contributed by atoms with Gasteiger partial charge in [-0.3, -0.25) is 18.9 Å². The number of halogens is 1. The molecule has 26 heavy (non-hydrogen) atoms. The van der Waals surface area contributed by atoms with Gasteiger partial charge in [0.15, 0.2) is 4.96 Å². The van der Waals surface area contributed by atoms with Crippen molar-refractivity contribution in [3.63, 3.8) is 0 Å². The van der Waals surface area contributed by atoms with E-state index in [2.05, 4.69) is 14.9 Å². The fourth-order valence-corrected chi connectivity index (χ4v) is 3.94. The molecule has 0 aliphatic carbocycles. The Hall–Kier alpha value is -2.29. The minimum Gasteiger partial charge on any atom is -0.336 e. The average molecular weight is 390 g/mol. The summed E-state index contributed by atoms with van der Waals surface area (Å²) in [6, 6.07) is 4.84. The second-order valence-corrected chi connectivity index (χ2v) is 7.34. The highest BCUT2D eigenvalue weighted by Crippen LogP contribution is 2.14. The van der Waals surface area contributed by atoms with E-state index in [1.807, 2.05) is 10.3 Å². The van der Waals surface area contributed by atoms with E-state index in [1.54, 1.807) is 28.8 Å². The van der Waals surface area contributed by atoms with Crippen LogP contribution >= 0.6 is 22.9 Å². The molecule has 1 aliphatic heterocycles. The number of amides is 1. The maximum absolute atomic E-state index is 12.5.